The van der Waals surface area contributed by atoms with Crippen molar-refractivity contribution in [3.8, 4) is 0 Å². The Morgan fingerprint density at radius 1 is 1.02 bits per heavy atom. The van der Waals surface area contributed by atoms with Crippen molar-refractivity contribution in [1.29, 1.82) is 0 Å². The van der Waals surface area contributed by atoms with E-state index in [-0.39, 0.29) is 55.5 Å². The smallest absolute Gasteiger partial charge is 0.349 e. The number of carbonyl (C=O) groups is 3. The SMILES string of the molecule is CC1COCC(n2ccc(NC(=O)CCC(=O)NCc3ccc(C(=O)Nc4ccccc4N)cc3)nc2=O)C(C)C1(C)O. The number of nitrogens with two attached hydrogens (primary N) is 1. The van der Waals surface area contributed by atoms with Gasteiger partial charge in [0, 0.05) is 43.0 Å². The van der Waals surface area contributed by atoms with Gasteiger partial charge in [0.25, 0.3) is 5.91 Å². The van der Waals surface area contributed by atoms with E-state index in [1.807, 2.05) is 13.8 Å². The number of ether oxygens (including phenoxy) is 1. The molecule has 12 heteroatoms. The van der Waals surface area contributed by atoms with Crippen LogP contribution in [0.5, 0.6) is 0 Å². The highest BCUT2D eigenvalue weighted by Crippen LogP contribution is 2.36. The zero-order chi connectivity index (χ0) is 31.1. The molecule has 43 heavy (non-hydrogen) atoms. The van der Waals surface area contributed by atoms with Gasteiger partial charge in [-0.2, -0.15) is 4.98 Å². The average Bonchev–Trinajstić information content (AvgIpc) is 3.07. The first-order chi connectivity index (χ1) is 20.5. The summed E-state index contributed by atoms with van der Waals surface area (Å²) in [6.45, 7) is 6.39. The third kappa shape index (κ3) is 7.85. The van der Waals surface area contributed by atoms with Crippen LogP contribution in [-0.4, -0.2) is 51.2 Å². The number of anilines is 3. The van der Waals surface area contributed by atoms with Gasteiger partial charge in [-0.25, -0.2) is 4.79 Å². The van der Waals surface area contributed by atoms with Gasteiger partial charge in [0.05, 0.1) is 36.2 Å². The number of nitrogen functional groups attached to an aromatic ring is 1. The number of aliphatic hydroxyl groups is 1. The van der Waals surface area contributed by atoms with Gasteiger partial charge in [-0.3, -0.25) is 19.0 Å². The molecule has 3 amide bonds. The van der Waals surface area contributed by atoms with Gasteiger partial charge in [0.15, 0.2) is 0 Å². The van der Waals surface area contributed by atoms with Crippen molar-refractivity contribution in [3.63, 3.8) is 0 Å². The quantitative estimate of drug-likeness (QED) is 0.236. The van der Waals surface area contributed by atoms with E-state index in [9.17, 15) is 24.3 Å². The summed E-state index contributed by atoms with van der Waals surface area (Å²) in [6.07, 6.45) is 1.36. The average molecular weight is 591 g/mol. The molecule has 1 aliphatic heterocycles. The highest BCUT2D eigenvalue weighted by Gasteiger charge is 2.42. The van der Waals surface area contributed by atoms with E-state index in [0.29, 0.717) is 23.5 Å². The van der Waals surface area contributed by atoms with Gasteiger partial charge in [-0.05, 0) is 42.8 Å². The molecule has 4 atom stereocenters. The van der Waals surface area contributed by atoms with Crippen molar-refractivity contribution in [1.82, 2.24) is 14.9 Å². The molecule has 4 rings (SSSR count). The van der Waals surface area contributed by atoms with E-state index in [0.717, 1.165) is 5.56 Å². The van der Waals surface area contributed by atoms with Gasteiger partial charge in [0.1, 0.15) is 5.82 Å². The summed E-state index contributed by atoms with van der Waals surface area (Å²) in [7, 11) is 0. The van der Waals surface area contributed by atoms with E-state index in [1.165, 1.54) is 16.8 Å². The second-order valence-corrected chi connectivity index (χ2v) is 11.1. The minimum absolute atomic E-state index is 0.0634. The Kier molecular flexibility index (Phi) is 9.94. The van der Waals surface area contributed by atoms with Gasteiger partial charge < -0.3 is 31.5 Å². The zero-order valence-electron chi connectivity index (χ0n) is 24.5. The van der Waals surface area contributed by atoms with Crippen LogP contribution in [0.1, 0.15) is 55.6 Å². The highest BCUT2D eigenvalue weighted by molar-refractivity contribution is 6.05. The number of amides is 3. The maximum absolute atomic E-state index is 12.8. The zero-order valence-corrected chi connectivity index (χ0v) is 24.5. The van der Waals surface area contributed by atoms with E-state index in [4.69, 9.17) is 10.5 Å². The molecular weight excluding hydrogens is 552 g/mol. The molecule has 228 valence electrons. The normalized spacial score (nSPS) is 21.8. The number of benzene rings is 2. The Hall–Kier alpha value is -4.55. The summed E-state index contributed by atoms with van der Waals surface area (Å²) < 4.78 is 7.11. The number of rotatable bonds is 9. The fraction of sp³-hybridized carbons (Fsp3) is 0.387. The molecule has 1 fully saturated rings. The van der Waals surface area contributed by atoms with Crippen LogP contribution in [0.25, 0.3) is 0 Å². The first kappa shape index (κ1) is 31.4. The monoisotopic (exact) mass is 590 g/mol. The Labute approximate surface area is 249 Å². The summed E-state index contributed by atoms with van der Waals surface area (Å²) in [5.41, 5.74) is 6.47. The van der Waals surface area contributed by atoms with Crippen LogP contribution in [0.2, 0.25) is 0 Å². The van der Waals surface area contributed by atoms with Gasteiger partial charge >= 0.3 is 5.69 Å². The largest absolute Gasteiger partial charge is 0.397 e. The standard InChI is InChI=1S/C31H38N6O6/c1-19-17-43-18-25(20(2)31(19,3)42)37-15-14-26(36-30(37)41)35-28(39)13-12-27(38)33-16-21-8-10-22(11-9-21)29(40)34-24-7-5-4-6-23(24)32/h4-11,14-15,19-20,25,42H,12-13,16-18,32H2,1-3H3,(H,33,38)(H,34,40)(H,35,36,39,41). The maximum Gasteiger partial charge on any atom is 0.349 e. The van der Waals surface area contributed by atoms with Crippen LogP contribution in [0.4, 0.5) is 17.2 Å². The van der Waals surface area contributed by atoms with Crippen LogP contribution in [0, 0.1) is 11.8 Å². The van der Waals surface area contributed by atoms with Crippen LogP contribution >= 0.6 is 0 Å². The van der Waals surface area contributed by atoms with Crippen LogP contribution in [0.15, 0.2) is 65.6 Å². The number of hydrogen-bond donors (Lipinski definition) is 5. The molecule has 3 aromatic rings. The molecule has 0 spiro atoms. The maximum atomic E-state index is 12.8. The van der Waals surface area contributed by atoms with Crippen molar-refractivity contribution >= 4 is 34.9 Å². The molecule has 0 aliphatic carbocycles. The number of nitrogens with zero attached hydrogens (tertiary/aromatic N) is 2. The summed E-state index contributed by atoms with van der Waals surface area (Å²) in [5.74, 6) is -1.40. The van der Waals surface area contributed by atoms with Crippen molar-refractivity contribution in [3.05, 3.63) is 82.4 Å². The number of aromatic nitrogens is 2. The number of hydrogen-bond acceptors (Lipinski definition) is 8. The summed E-state index contributed by atoms with van der Waals surface area (Å²) in [6, 6.07) is 14.8. The second-order valence-electron chi connectivity index (χ2n) is 11.1. The van der Waals surface area contributed by atoms with Crippen LogP contribution in [-0.2, 0) is 20.9 Å². The molecule has 2 heterocycles. The molecule has 1 aromatic heterocycles. The Balaban J connectivity index is 1.23. The third-order valence-electron chi connectivity index (χ3n) is 8.10. The fourth-order valence-corrected chi connectivity index (χ4v) is 4.87. The van der Waals surface area contributed by atoms with E-state index in [1.54, 1.807) is 55.5 Å². The molecule has 1 aliphatic rings. The van der Waals surface area contributed by atoms with Crippen molar-refractivity contribution in [2.45, 2.75) is 51.8 Å². The van der Waals surface area contributed by atoms with Crippen molar-refractivity contribution < 1.29 is 24.2 Å². The molecule has 0 radical (unpaired) electrons. The lowest BCUT2D eigenvalue weighted by Gasteiger charge is -2.36. The molecule has 6 N–H and O–H groups in total. The van der Waals surface area contributed by atoms with E-state index >= 15 is 0 Å². The first-order valence-electron chi connectivity index (χ1n) is 14.2. The lowest BCUT2D eigenvalue weighted by Crippen LogP contribution is -2.45. The van der Waals surface area contributed by atoms with Crippen LogP contribution < -0.4 is 27.4 Å². The van der Waals surface area contributed by atoms with Gasteiger partial charge in [-0.1, -0.05) is 38.1 Å². The Morgan fingerprint density at radius 2 is 1.72 bits per heavy atom. The van der Waals surface area contributed by atoms with Gasteiger partial charge in [0.2, 0.25) is 11.8 Å². The topological polar surface area (TPSA) is 178 Å². The highest BCUT2D eigenvalue weighted by atomic mass is 16.5. The minimum atomic E-state index is -1.04. The van der Waals surface area contributed by atoms with E-state index < -0.39 is 23.2 Å². The van der Waals surface area contributed by atoms with Crippen molar-refractivity contribution in [2.75, 3.05) is 29.6 Å². The molecule has 4 unspecified atom stereocenters. The lowest BCUT2D eigenvalue weighted by atomic mass is 9.77. The number of para-hydroxylation sites is 2. The Bertz CT molecular complexity index is 1520. The van der Waals surface area contributed by atoms with Gasteiger partial charge in [-0.15, -0.1) is 0 Å². The lowest BCUT2D eigenvalue weighted by molar-refractivity contribution is -0.124. The summed E-state index contributed by atoms with van der Waals surface area (Å²) in [4.78, 5) is 54.0. The Morgan fingerprint density at radius 3 is 2.42 bits per heavy atom. The molecule has 1 saturated heterocycles. The minimum Gasteiger partial charge on any atom is -0.397 e. The summed E-state index contributed by atoms with van der Waals surface area (Å²) >= 11 is 0. The number of carbonyl (C=O) groups excluding carboxylic acids is 3. The second kappa shape index (κ2) is 13.6. The van der Waals surface area contributed by atoms with E-state index in [2.05, 4.69) is 20.9 Å². The van der Waals surface area contributed by atoms with Crippen LogP contribution in [0.3, 0.4) is 0 Å². The molecule has 0 bridgehead atoms. The predicted octanol–water partition coefficient (Wildman–Crippen LogP) is 2.71. The summed E-state index contributed by atoms with van der Waals surface area (Å²) in [5, 5.41) is 19.0. The predicted molar refractivity (Wildman–Crippen MR) is 162 cm³/mol. The first-order valence-corrected chi connectivity index (χ1v) is 14.2. The van der Waals surface area contributed by atoms with Crippen molar-refractivity contribution in [2.24, 2.45) is 11.8 Å². The number of nitrogens with one attached hydrogen (secondary N) is 3. The molecule has 2 aromatic carbocycles. The molecule has 0 saturated carbocycles. The molecular formula is C31H38N6O6. The molecule has 12 nitrogen and oxygen atoms in total. The fourth-order valence-electron chi connectivity index (χ4n) is 4.87. The third-order valence-corrected chi connectivity index (χ3v) is 8.10.